The van der Waals surface area contributed by atoms with Gasteiger partial charge in [-0.2, -0.15) is 4.98 Å². The van der Waals surface area contributed by atoms with Crippen LogP contribution in [0.4, 0.5) is 27.9 Å². The average molecular weight is 559 g/mol. The van der Waals surface area contributed by atoms with Crippen LogP contribution in [0, 0.1) is 5.92 Å². The molecule has 0 radical (unpaired) electrons. The van der Waals surface area contributed by atoms with Crippen molar-refractivity contribution in [3.8, 4) is 0 Å². The number of aliphatic hydroxyl groups excluding tert-OH is 1. The van der Waals surface area contributed by atoms with E-state index in [-0.39, 0.29) is 42.5 Å². The van der Waals surface area contributed by atoms with Gasteiger partial charge in [-0.1, -0.05) is 13.8 Å². The van der Waals surface area contributed by atoms with E-state index >= 15 is 0 Å². The quantitative estimate of drug-likeness (QED) is 0.443. The summed E-state index contributed by atoms with van der Waals surface area (Å²) in [7, 11) is -3.05. The molecule has 5 rings (SSSR count). The molecule has 2 aliphatic rings. The molecule has 0 amide bonds. The van der Waals surface area contributed by atoms with Gasteiger partial charge in [0.1, 0.15) is 27.8 Å². The number of halogens is 1. The van der Waals surface area contributed by atoms with Crippen molar-refractivity contribution in [2.75, 3.05) is 46.8 Å². The number of nitrogens with zero attached hydrogens (tertiary/aromatic N) is 7. The number of anilines is 4. The second-order valence-corrected chi connectivity index (χ2v) is 13.5. The highest BCUT2D eigenvalue weighted by Crippen LogP contribution is 2.38. The second-order valence-electron chi connectivity index (χ2n) is 11.3. The Kier molecular flexibility index (Phi) is 7.08. The first-order valence-electron chi connectivity index (χ1n) is 13.1. The molecule has 2 N–H and O–H groups in total. The lowest BCUT2D eigenvalue weighted by Gasteiger charge is -2.47. The molecule has 2 fully saturated rings. The van der Waals surface area contributed by atoms with Gasteiger partial charge in [0.15, 0.2) is 5.67 Å². The van der Waals surface area contributed by atoms with Crippen LogP contribution in [0.2, 0.25) is 0 Å². The predicted octanol–water partition coefficient (Wildman–Crippen LogP) is 2.85. The molecule has 0 saturated carbocycles. The number of alkyl halides is 1. The van der Waals surface area contributed by atoms with Gasteiger partial charge in [-0.3, -0.25) is 0 Å². The maximum absolute atomic E-state index is 14.7. The van der Waals surface area contributed by atoms with Gasteiger partial charge in [0.25, 0.3) is 0 Å². The average Bonchev–Trinajstić information content (AvgIpc) is 2.86. The maximum atomic E-state index is 14.7. The summed E-state index contributed by atoms with van der Waals surface area (Å²) in [5.74, 6) is 2.36. The molecule has 13 heteroatoms. The van der Waals surface area contributed by atoms with Crippen LogP contribution in [0.3, 0.4) is 0 Å². The minimum atomic E-state index is -3.05. The fourth-order valence-corrected chi connectivity index (χ4v) is 6.53. The summed E-state index contributed by atoms with van der Waals surface area (Å²) >= 11 is 0. The molecule has 0 spiro atoms. The molecule has 0 unspecified atom stereocenters. The number of aliphatic hydroxyl groups is 1. The Morgan fingerprint density at radius 2 is 1.97 bits per heavy atom. The number of fused-ring (bicyclic) bond motifs is 1. The summed E-state index contributed by atoms with van der Waals surface area (Å²) in [4.78, 5) is 26.1. The highest BCUT2D eigenvalue weighted by molar-refractivity contribution is 7.90. The minimum Gasteiger partial charge on any atom is -0.390 e. The lowest BCUT2D eigenvalue weighted by atomic mass is 9.90. The Labute approximate surface area is 227 Å². The third kappa shape index (κ3) is 5.60. The van der Waals surface area contributed by atoms with E-state index in [9.17, 15) is 17.9 Å². The summed E-state index contributed by atoms with van der Waals surface area (Å²) in [6, 6.07) is 1.98. The third-order valence-electron chi connectivity index (χ3n) is 7.75. The number of hydrogen-bond donors (Lipinski definition) is 2. The van der Waals surface area contributed by atoms with E-state index in [2.05, 4.69) is 44.0 Å². The molecule has 4 atom stereocenters. The summed E-state index contributed by atoms with van der Waals surface area (Å²) < 4.78 is 38.3. The number of rotatable bonds is 7. The number of nitrogens with one attached hydrogen (secondary N) is 1. The van der Waals surface area contributed by atoms with E-state index in [4.69, 9.17) is 4.98 Å². The molecule has 0 aliphatic carbocycles. The lowest BCUT2D eigenvalue weighted by Crippen LogP contribution is -2.57. The van der Waals surface area contributed by atoms with Crippen LogP contribution in [-0.4, -0.2) is 87.9 Å². The van der Waals surface area contributed by atoms with E-state index in [0.29, 0.717) is 24.9 Å². The van der Waals surface area contributed by atoms with Crippen molar-refractivity contribution < 1.29 is 17.9 Å². The zero-order chi connectivity index (χ0) is 28.1. The number of aromatic nitrogens is 5. The summed E-state index contributed by atoms with van der Waals surface area (Å²) in [5, 5.41) is 15.0. The van der Waals surface area contributed by atoms with Crippen molar-refractivity contribution in [1.82, 2.24) is 24.9 Å². The maximum Gasteiger partial charge on any atom is 0.233 e. The van der Waals surface area contributed by atoms with Gasteiger partial charge >= 0.3 is 0 Å². The topological polar surface area (TPSA) is 137 Å². The Morgan fingerprint density at radius 3 is 2.64 bits per heavy atom. The highest BCUT2D eigenvalue weighted by Gasteiger charge is 2.40. The lowest BCUT2D eigenvalue weighted by molar-refractivity contribution is -0.00860. The molecule has 210 valence electrons. The molecule has 3 aromatic rings. The predicted molar refractivity (Wildman–Crippen MR) is 149 cm³/mol. The van der Waals surface area contributed by atoms with Gasteiger partial charge in [-0.05, 0) is 43.2 Å². The van der Waals surface area contributed by atoms with Gasteiger partial charge in [-0.25, -0.2) is 32.7 Å². The van der Waals surface area contributed by atoms with Crippen LogP contribution >= 0.6 is 0 Å². The van der Waals surface area contributed by atoms with Crippen LogP contribution in [0.5, 0.6) is 0 Å². The van der Waals surface area contributed by atoms with Gasteiger partial charge in [0.05, 0.1) is 18.4 Å². The number of sulfone groups is 1. The normalized spacial score (nSPS) is 25.7. The summed E-state index contributed by atoms with van der Waals surface area (Å²) in [6.07, 6.45) is 5.55. The van der Waals surface area contributed by atoms with E-state index in [1.165, 1.54) is 19.5 Å². The van der Waals surface area contributed by atoms with Gasteiger partial charge in [0.2, 0.25) is 11.9 Å². The highest BCUT2D eigenvalue weighted by atomic mass is 32.2. The molecule has 3 aromatic heterocycles. The molecule has 2 saturated heterocycles. The van der Waals surface area contributed by atoms with E-state index in [0.717, 1.165) is 22.2 Å². The van der Waals surface area contributed by atoms with E-state index in [1.807, 2.05) is 19.2 Å². The number of piperidine rings is 1. The Morgan fingerprint density at radius 1 is 1.21 bits per heavy atom. The zero-order valence-corrected chi connectivity index (χ0v) is 23.7. The molecule has 5 heterocycles. The molecular weight excluding hydrogens is 523 g/mol. The molecule has 2 aliphatic heterocycles. The Balaban J connectivity index is 1.41. The van der Waals surface area contributed by atoms with Crippen LogP contribution in [0.1, 0.15) is 45.6 Å². The fraction of sp³-hybridized carbons (Fsp3) is 0.577. The largest absolute Gasteiger partial charge is 0.390 e. The van der Waals surface area contributed by atoms with Crippen LogP contribution < -0.4 is 15.1 Å². The summed E-state index contributed by atoms with van der Waals surface area (Å²) in [6.45, 7) is 8.65. The van der Waals surface area contributed by atoms with Crippen molar-refractivity contribution in [1.29, 1.82) is 0 Å². The Hall–Kier alpha value is -3.19. The summed E-state index contributed by atoms with van der Waals surface area (Å²) in [5.41, 5.74) is -0.693. The van der Waals surface area contributed by atoms with Gasteiger partial charge < -0.3 is 20.2 Å². The molecule has 11 nitrogen and oxygen atoms in total. The fourth-order valence-electron chi connectivity index (χ4n) is 5.37. The Bertz CT molecular complexity index is 1490. The van der Waals surface area contributed by atoms with Crippen molar-refractivity contribution in [2.24, 2.45) is 5.92 Å². The third-order valence-corrected chi connectivity index (χ3v) is 8.78. The van der Waals surface area contributed by atoms with Gasteiger partial charge in [-0.15, -0.1) is 0 Å². The van der Waals surface area contributed by atoms with Crippen LogP contribution in [0.15, 0.2) is 24.8 Å². The number of pyridine rings is 2. The molecular formula is C26H35FN8O3S. The van der Waals surface area contributed by atoms with Crippen molar-refractivity contribution in [3.05, 3.63) is 30.4 Å². The molecule has 39 heavy (non-hydrogen) atoms. The minimum absolute atomic E-state index is 0.0145. The van der Waals surface area contributed by atoms with Crippen LogP contribution in [0.25, 0.3) is 10.8 Å². The van der Waals surface area contributed by atoms with E-state index < -0.39 is 21.6 Å². The number of hydrogen-bond acceptors (Lipinski definition) is 11. The first-order valence-corrected chi connectivity index (χ1v) is 15.2. The smallest absolute Gasteiger partial charge is 0.233 e. The van der Waals surface area contributed by atoms with Crippen molar-refractivity contribution in [2.45, 2.75) is 57.8 Å². The molecule has 0 bridgehead atoms. The SMILES string of the molecule is CC(C)c1cnc(N2C[C@@H](CS(C)(=O)=O)[C@@H]2C)c2cnc(Nc3ncnc(N4CC[C@H](O)[C@](C)(F)C4)n3)cc12. The van der Waals surface area contributed by atoms with E-state index in [1.54, 1.807) is 11.1 Å². The first-order chi connectivity index (χ1) is 18.3. The monoisotopic (exact) mass is 558 g/mol. The van der Waals surface area contributed by atoms with Crippen molar-refractivity contribution >= 4 is 44.1 Å². The molecule has 0 aromatic carbocycles. The van der Waals surface area contributed by atoms with Crippen LogP contribution in [-0.2, 0) is 9.84 Å². The second kappa shape index (κ2) is 10.1. The van der Waals surface area contributed by atoms with Crippen molar-refractivity contribution in [3.63, 3.8) is 0 Å². The van der Waals surface area contributed by atoms with Gasteiger partial charge in [0, 0.05) is 49.1 Å². The standard InChI is InChI=1S/C26H35FN8O3S/c1-15(2)19-9-29-23(35-11-17(16(35)3)12-39(5,37)38)20-10-28-22(8-18(19)20)32-24-30-14-31-25(33-24)34-7-6-21(36)26(4,27)13-34/h8-10,14-17,21,36H,6-7,11-13H2,1-5H3,(H,28,30,31,32,33)/t16-,17-,21-,26+/m0/s1. The first kappa shape index (κ1) is 27.4. The zero-order valence-electron chi connectivity index (χ0n) is 22.8.